The van der Waals surface area contributed by atoms with Crippen LogP contribution in [0.2, 0.25) is 0 Å². The number of rotatable bonds is 3. The molecule has 0 saturated heterocycles. The third-order valence-corrected chi connectivity index (χ3v) is 2.37. The molecule has 0 aliphatic rings. The maximum atomic E-state index is 10.9. The molecule has 0 fully saturated rings. The highest BCUT2D eigenvalue weighted by molar-refractivity contribution is 5.47. The number of nitro groups is 1. The first-order chi connectivity index (χ1) is 8.49. The summed E-state index contributed by atoms with van der Waals surface area (Å²) in [5.74, 6) is 0.542. The number of aromatic hydroxyl groups is 1. The molecule has 1 N–H and O–H groups in total. The van der Waals surface area contributed by atoms with Crippen molar-refractivity contribution in [2.24, 2.45) is 7.05 Å². The van der Waals surface area contributed by atoms with Crippen LogP contribution in [0, 0.1) is 17.0 Å². The summed E-state index contributed by atoms with van der Waals surface area (Å²) in [6, 6.07) is 5.90. The summed E-state index contributed by atoms with van der Waals surface area (Å²) in [5.41, 5.74) is 0.127. The number of phenolic OH excluding ortho intramolecular Hbond substituents is 1. The smallest absolute Gasteiger partial charge is 0.353 e. The van der Waals surface area contributed by atoms with Gasteiger partial charge in [-0.15, -0.1) is 0 Å². The highest BCUT2D eigenvalue weighted by Gasteiger charge is 2.26. The standard InChI is InChI=1S/C11H11N3O4/c1-7-10(14(16)17)11(13(2)12-7)18-9-5-3-8(15)4-6-9/h3-6,15H,1-2H3. The SMILES string of the molecule is Cc1nn(C)c(Oc2ccc(O)cc2)c1[N+](=O)[O-]. The topological polar surface area (TPSA) is 90.4 Å². The maximum absolute atomic E-state index is 10.9. The molecule has 0 unspecified atom stereocenters. The molecule has 0 bridgehead atoms. The van der Waals surface area contributed by atoms with Crippen molar-refractivity contribution in [3.8, 4) is 17.4 Å². The van der Waals surface area contributed by atoms with Gasteiger partial charge in [0.05, 0.1) is 4.92 Å². The molecule has 1 aromatic heterocycles. The zero-order chi connectivity index (χ0) is 13.3. The van der Waals surface area contributed by atoms with Gasteiger partial charge in [-0.3, -0.25) is 10.1 Å². The third-order valence-electron chi connectivity index (χ3n) is 2.37. The van der Waals surface area contributed by atoms with E-state index < -0.39 is 4.92 Å². The Morgan fingerprint density at radius 2 is 2.00 bits per heavy atom. The Hall–Kier alpha value is -2.57. The third kappa shape index (κ3) is 2.10. The molecular formula is C11H11N3O4. The number of hydrogen-bond acceptors (Lipinski definition) is 5. The van der Waals surface area contributed by atoms with Crippen LogP contribution in [0.5, 0.6) is 17.4 Å². The average Bonchev–Trinajstić information content (AvgIpc) is 2.57. The molecule has 0 spiro atoms. The Morgan fingerprint density at radius 1 is 1.39 bits per heavy atom. The average molecular weight is 249 g/mol. The number of hydrogen-bond donors (Lipinski definition) is 1. The van der Waals surface area contributed by atoms with E-state index in [2.05, 4.69) is 5.10 Å². The van der Waals surface area contributed by atoms with Crippen LogP contribution in [0.1, 0.15) is 5.69 Å². The first-order valence-electron chi connectivity index (χ1n) is 5.14. The van der Waals surface area contributed by atoms with Crippen molar-refractivity contribution in [3.63, 3.8) is 0 Å². The number of aryl methyl sites for hydroxylation is 2. The number of ether oxygens (including phenoxy) is 1. The van der Waals surface area contributed by atoms with Crippen molar-refractivity contribution in [2.75, 3.05) is 0 Å². The molecule has 1 aromatic carbocycles. The molecule has 0 radical (unpaired) electrons. The summed E-state index contributed by atoms with van der Waals surface area (Å²) in [7, 11) is 1.57. The fraction of sp³-hybridized carbons (Fsp3) is 0.182. The predicted molar refractivity (Wildman–Crippen MR) is 62.8 cm³/mol. The van der Waals surface area contributed by atoms with Crippen molar-refractivity contribution in [1.82, 2.24) is 9.78 Å². The lowest BCUT2D eigenvalue weighted by molar-refractivity contribution is -0.386. The van der Waals surface area contributed by atoms with E-state index in [9.17, 15) is 10.1 Å². The first kappa shape index (κ1) is 11.9. The molecule has 2 rings (SSSR count). The van der Waals surface area contributed by atoms with Crippen LogP contribution in [0.25, 0.3) is 0 Å². The van der Waals surface area contributed by atoms with Crippen LogP contribution in [0.3, 0.4) is 0 Å². The van der Waals surface area contributed by atoms with Gasteiger partial charge in [-0.1, -0.05) is 0 Å². The van der Waals surface area contributed by atoms with Gasteiger partial charge in [0.25, 0.3) is 5.88 Å². The van der Waals surface area contributed by atoms with Crippen LogP contribution in [0.4, 0.5) is 5.69 Å². The molecule has 0 atom stereocenters. The van der Waals surface area contributed by atoms with E-state index in [1.54, 1.807) is 14.0 Å². The highest BCUT2D eigenvalue weighted by Crippen LogP contribution is 2.33. The summed E-state index contributed by atoms with van der Waals surface area (Å²) >= 11 is 0. The van der Waals surface area contributed by atoms with E-state index in [0.29, 0.717) is 5.75 Å². The second kappa shape index (κ2) is 4.36. The molecule has 18 heavy (non-hydrogen) atoms. The number of aromatic nitrogens is 2. The van der Waals surface area contributed by atoms with E-state index in [1.165, 1.54) is 28.9 Å². The highest BCUT2D eigenvalue weighted by atomic mass is 16.6. The normalized spacial score (nSPS) is 10.3. The van der Waals surface area contributed by atoms with Crippen molar-refractivity contribution in [1.29, 1.82) is 0 Å². The summed E-state index contributed by atoms with van der Waals surface area (Å²) in [6.45, 7) is 1.54. The molecule has 94 valence electrons. The zero-order valence-corrected chi connectivity index (χ0v) is 9.82. The van der Waals surface area contributed by atoms with Gasteiger partial charge >= 0.3 is 5.69 Å². The monoisotopic (exact) mass is 249 g/mol. The number of benzene rings is 1. The lowest BCUT2D eigenvalue weighted by Crippen LogP contribution is -1.97. The predicted octanol–water partition coefficient (Wildman–Crippen LogP) is 2.13. The zero-order valence-electron chi connectivity index (χ0n) is 9.82. The van der Waals surface area contributed by atoms with Crippen molar-refractivity contribution >= 4 is 5.69 Å². The fourth-order valence-corrected chi connectivity index (χ4v) is 1.58. The van der Waals surface area contributed by atoms with Gasteiger partial charge in [0.2, 0.25) is 0 Å². The van der Waals surface area contributed by atoms with Crippen LogP contribution >= 0.6 is 0 Å². The van der Waals surface area contributed by atoms with Gasteiger partial charge in [-0.25, -0.2) is 4.68 Å². The van der Waals surface area contributed by atoms with Gasteiger partial charge in [0.15, 0.2) is 0 Å². The Kier molecular flexibility index (Phi) is 2.88. The van der Waals surface area contributed by atoms with Gasteiger partial charge in [0.1, 0.15) is 17.2 Å². The first-order valence-corrected chi connectivity index (χ1v) is 5.14. The maximum Gasteiger partial charge on any atom is 0.353 e. The minimum Gasteiger partial charge on any atom is -0.508 e. The summed E-state index contributed by atoms with van der Waals surface area (Å²) in [5, 5.41) is 24.0. The van der Waals surface area contributed by atoms with Crippen LogP contribution in [-0.4, -0.2) is 19.8 Å². The summed E-state index contributed by atoms with van der Waals surface area (Å²) < 4.78 is 6.73. The molecule has 0 amide bonds. The van der Waals surface area contributed by atoms with E-state index in [-0.39, 0.29) is 23.0 Å². The molecule has 7 nitrogen and oxygen atoms in total. The van der Waals surface area contributed by atoms with Gasteiger partial charge < -0.3 is 9.84 Å². The number of phenols is 1. The Labute approximate surface area is 102 Å². The van der Waals surface area contributed by atoms with Gasteiger partial charge in [-0.2, -0.15) is 5.10 Å². The molecule has 7 heteroatoms. The Bertz CT molecular complexity index is 589. The lowest BCUT2D eigenvalue weighted by atomic mass is 10.3. The molecule has 1 heterocycles. The van der Waals surface area contributed by atoms with Crippen molar-refractivity contribution in [3.05, 3.63) is 40.1 Å². The quantitative estimate of drug-likeness (QED) is 0.664. The Morgan fingerprint density at radius 3 is 2.56 bits per heavy atom. The number of nitrogens with zero attached hydrogens (tertiary/aromatic N) is 3. The Balaban J connectivity index is 2.39. The minimum atomic E-state index is -0.530. The second-order valence-electron chi connectivity index (χ2n) is 3.72. The molecular weight excluding hydrogens is 238 g/mol. The van der Waals surface area contributed by atoms with Crippen molar-refractivity contribution in [2.45, 2.75) is 6.92 Å². The fourth-order valence-electron chi connectivity index (χ4n) is 1.58. The largest absolute Gasteiger partial charge is 0.508 e. The van der Waals surface area contributed by atoms with E-state index in [4.69, 9.17) is 9.84 Å². The molecule has 0 aliphatic heterocycles. The minimum absolute atomic E-state index is 0.0585. The van der Waals surface area contributed by atoms with E-state index in [1.807, 2.05) is 0 Å². The lowest BCUT2D eigenvalue weighted by Gasteiger charge is -2.04. The summed E-state index contributed by atoms with van der Waals surface area (Å²) in [6.07, 6.45) is 0. The van der Waals surface area contributed by atoms with Crippen LogP contribution < -0.4 is 4.74 Å². The second-order valence-corrected chi connectivity index (χ2v) is 3.72. The molecule has 2 aromatic rings. The van der Waals surface area contributed by atoms with Gasteiger partial charge in [0, 0.05) is 7.05 Å². The molecule has 0 aliphatic carbocycles. The van der Waals surface area contributed by atoms with E-state index >= 15 is 0 Å². The van der Waals surface area contributed by atoms with Crippen LogP contribution in [0.15, 0.2) is 24.3 Å². The van der Waals surface area contributed by atoms with Gasteiger partial charge in [-0.05, 0) is 31.2 Å². The molecule has 0 saturated carbocycles. The van der Waals surface area contributed by atoms with Crippen molar-refractivity contribution < 1.29 is 14.8 Å². The van der Waals surface area contributed by atoms with Crippen LogP contribution in [-0.2, 0) is 7.05 Å². The summed E-state index contributed by atoms with van der Waals surface area (Å²) in [4.78, 5) is 10.4. The van der Waals surface area contributed by atoms with E-state index in [0.717, 1.165) is 0 Å².